The summed E-state index contributed by atoms with van der Waals surface area (Å²) in [4.78, 5) is 19.2. The minimum absolute atomic E-state index is 0.317. The van der Waals surface area contributed by atoms with E-state index >= 15 is 0 Å². The van der Waals surface area contributed by atoms with Gasteiger partial charge in [-0.15, -0.1) is 0 Å². The molecule has 1 aliphatic heterocycles. The summed E-state index contributed by atoms with van der Waals surface area (Å²) in [5.74, 6) is 1.22. The number of nitrogens with zero attached hydrogens (tertiary/aromatic N) is 3. The molecule has 0 saturated carbocycles. The third-order valence-electron chi connectivity index (χ3n) is 5.41. The molecule has 1 heterocycles. The van der Waals surface area contributed by atoms with Gasteiger partial charge in [-0.25, -0.2) is 0 Å². The molecule has 1 unspecified atom stereocenters. The SMILES string of the molecule is CCN(CCCC(=O)N1CCN(C)CC1)C(C)Cc1ccc(OC)cc1. The average Bonchev–Trinajstić information content (AvgIpc) is 2.66. The Morgan fingerprint density at radius 3 is 2.42 bits per heavy atom. The van der Waals surface area contributed by atoms with Gasteiger partial charge in [0.2, 0.25) is 5.91 Å². The number of methoxy groups -OCH3 is 1. The first-order valence-electron chi connectivity index (χ1n) is 9.86. The van der Waals surface area contributed by atoms with E-state index in [-0.39, 0.29) is 0 Å². The van der Waals surface area contributed by atoms with E-state index in [0.717, 1.165) is 57.9 Å². The van der Waals surface area contributed by atoms with E-state index in [1.165, 1.54) is 5.56 Å². The third kappa shape index (κ3) is 6.29. The van der Waals surface area contributed by atoms with Gasteiger partial charge in [-0.1, -0.05) is 19.1 Å². The van der Waals surface area contributed by atoms with Gasteiger partial charge in [0.05, 0.1) is 7.11 Å². The number of carbonyl (C=O) groups is 1. The summed E-state index contributed by atoms with van der Waals surface area (Å²) >= 11 is 0. The van der Waals surface area contributed by atoms with E-state index < -0.39 is 0 Å². The van der Waals surface area contributed by atoms with Gasteiger partial charge >= 0.3 is 0 Å². The Kier molecular flexibility index (Phi) is 8.39. The van der Waals surface area contributed by atoms with Crippen molar-refractivity contribution in [3.8, 4) is 5.75 Å². The standard InChI is InChI=1S/C21H35N3O2/c1-5-23(18(2)17-19-8-10-20(26-4)11-9-19)12-6-7-21(25)24-15-13-22(3)14-16-24/h8-11,18H,5-7,12-17H2,1-4H3. The zero-order chi connectivity index (χ0) is 18.9. The van der Waals surface area contributed by atoms with E-state index in [9.17, 15) is 4.79 Å². The first-order chi connectivity index (χ1) is 12.5. The van der Waals surface area contributed by atoms with Crippen LogP contribution in [0.15, 0.2) is 24.3 Å². The van der Waals surface area contributed by atoms with E-state index in [4.69, 9.17) is 4.74 Å². The summed E-state index contributed by atoms with van der Waals surface area (Å²) in [6.07, 6.45) is 2.62. The molecule has 5 heteroatoms. The first-order valence-corrected chi connectivity index (χ1v) is 9.86. The molecule has 1 amide bonds. The van der Waals surface area contributed by atoms with Gasteiger partial charge in [-0.05, 0) is 57.6 Å². The van der Waals surface area contributed by atoms with Gasteiger partial charge < -0.3 is 19.4 Å². The molecule has 0 bridgehead atoms. The molecule has 26 heavy (non-hydrogen) atoms. The number of hydrogen-bond donors (Lipinski definition) is 0. The lowest BCUT2D eigenvalue weighted by atomic mass is 10.1. The van der Waals surface area contributed by atoms with Crippen LogP contribution in [-0.2, 0) is 11.2 Å². The van der Waals surface area contributed by atoms with Crippen molar-refractivity contribution >= 4 is 5.91 Å². The number of piperazine rings is 1. The molecule has 146 valence electrons. The Balaban J connectivity index is 1.74. The third-order valence-corrected chi connectivity index (χ3v) is 5.41. The lowest BCUT2D eigenvalue weighted by Gasteiger charge is -2.33. The molecule has 0 spiro atoms. The maximum Gasteiger partial charge on any atom is 0.222 e. The fourth-order valence-electron chi connectivity index (χ4n) is 3.57. The van der Waals surface area contributed by atoms with Crippen LogP contribution in [0.3, 0.4) is 0 Å². The first kappa shape index (κ1) is 20.7. The molecule has 1 aliphatic rings. The minimum Gasteiger partial charge on any atom is -0.497 e. The molecule has 1 aromatic carbocycles. The van der Waals surface area contributed by atoms with Crippen LogP contribution in [0.4, 0.5) is 0 Å². The second-order valence-electron chi connectivity index (χ2n) is 7.32. The van der Waals surface area contributed by atoms with E-state index in [2.05, 4.69) is 42.8 Å². The van der Waals surface area contributed by atoms with Crippen molar-refractivity contribution < 1.29 is 9.53 Å². The minimum atomic E-state index is 0.317. The fraction of sp³-hybridized carbons (Fsp3) is 0.667. The molecule has 2 rings (SSSR count). The fourth-order valence-corrected chi connectivity index (χ4v) is 3.57. The predicted molar refractivity (Wildman–Crippen MR) is 107 cm³/mol. The summed E-state index contributed by atoms with van der Waals surface area (Å²) in [6.45, 7) is 10.2. The van der Waals surface area contributed by atoms with Crippen molar-refractivity contribution in [2.45, 2.75) is 39.2 Å². The van der Waals surface area contributed by atoms with E-state index in [1.807, 2.05) is 17.0 Å². The van der Waals surface area contributed by atoms with Gasteiger partial charge in [0.25, 0.3) is 0 Å². The number of ether oxygens (including phenoxy) is 1. The van der Waals surface area contributed by atoms with Crippen LogP contribution in [0.5, 0.6) is 5.75 Å². The van der Waals surface area contributed by atoms with Gasteiger partial charge in [0.15, 0.2) is 0 Å². The van der Waals surface area contributed by atoms with E-state index in [0.29, 0.717) is 18.4 Å². The summed E-state index contributed by atoms with van der Waals surface area (Å²) < 4.78 is 5.23. The van der Waals surface area contributed by atoms with Gasteiger partial charge in [-0.2, -0.15) is 0 Å². The van der Waals surface area contributed by atoms with Gasteiger partial charge in [0.1, 0.15) is 5.75 Å². The number of rotatable bonds is 9. The van der Waals surface area contributed by atoms with Gasteiger partial charge in [0, 0.05) is 38.6 Å². The Labute approximate surface area is 158 Å². The van der Waals surface area contributed by atoms with Crippen molar-refractivity contribution in [2.75, 3.05) is 53.4 Å². The van der Waals surface area contributed by atoms with Crippen LogP contribution in [-0.4, -0.2) is 80.1 Å². The highest BCUT2D eigenvalue weighted by Gasteiger charge is 2.19. The smallest absolute Gasteiger partial charge is 0.222 e. The van der Waals surface area contributed by atoms with Crippen molar-refractivity contribution in [1.82, 2.24) is 14.7 Å². The Hall–Kier alpha value is -1.59. The lowest BCUT2D eigenvalue weighted by molar-refractivity contribution is -0.132. The summed E-state index contributed by atoms with van der Waals surface area (Å²) in [5.41, 5.74) is 1.32. The van der Waals surface area contributed by atoms with Crippen molar-refractivity contribution in [3.05, 3.63) is 29.8 Å². The Morgan fingerprint density at radius 1 is 1.19 bits per heavy atom. The van der Waals surface area contributed by atoms with Crippen LogP contribution in [0.2, 0.25) is 0 Å². The van der Waals surface area contributed by atoms with Crippen LogP contribution in [0.25, 0.3) is 0 Å². The predicted octanol–water partition coefficient (Wildman–Crippen LogP) is 2.50. The second-order valence-corrected chi connectivity index (χ2v) is 7.32. The van der Waals surface area contributed by atoms with Crippen LogP contribution in [0, 0.1) is 0 Å². The van der Waals surface area contributed by atoms with Crippen LogP contribution >= 0.6 is 0 Å². The lowest BCUT2D eigenvalue weighted by Crippen LogP contribution is -2.47. The topological polar surface area (TPSA) is 36.0 Å². The van der Waals surface area contributed by atoms with Crippen molar-refractivity contribution in [2.24, 2.45) is 0 Å². The zero-order valence-electron chi connectivity index (χ0n) is 16.9. The van der Waals surface area contributed by atoms with Crippen molar-refractivity contribution in [1.29, 1.82) is 0 Å². The number of benzene rings is 1. The van der Waals surface area contributed by atoms with Crippen molar-refractivity contribution in [3.63, 3.8) is 0 Å². The maximum absolute atomic E-state index is 12.4. The molecule has 1 saturated heterocycles. The maximum atomic E-state index is 12.4. The van der Waals surface area contributed by atoms with Gasteiger partial charge in [-0.3, -0.25) is 4.79 Å². The average molecular weight is 362 g/mol. The summed E-state index contributed by atoms with van der Waals surface area (Å²) in [6, 6.07) is 8.78. The molecule has 1 aromatic rings. The Morgan fingerprint density at radius 2 is 1.85 bits per heavy atom. The Bertz CT molecular complexity index is 539. The number of likely N-dealkylation sites (N-methyl/N-ethyl adjacent to an activating group) is 2. The number of amides is 1. The largest absolute Gasteiger partial charge is 0.497 e. The molecule has 0 radical (unpaired) electrons. The molecular formula is C21H35N3O2. The van der Waals surface area contributed by atoms with Crippen LogP contribution < -0.4 is 4.74 Å². The molecule has 5 nitrogen and oxygen atoms in total. The molecule has 1 fully saturated rings. The van der Waals surface area contributed by atoms with Crippen LogP contribution in [0.1, 0.15) is 32.3 Å². The highest BCUT2D eigenvalue weighted by atomic mass is 16.5. The number of hydrogen-bond acceptors (Lipinski definition) is 4. The molecule has 0 N–H and O–H groups in total. The number of carbonyl (C=O) groups excluding carboxylic acids is 1. The quantitative estimate of drug-likeness (QED) is 0.677. The summed E-state index contributed by atoms with van der Waals surface area (Å²) in [5, 5.41) is 0. The molecule has 0 aromatic heterocycles. The normalized spacial score (nSPS) is 16.7. The highest BCUT2D eigenvalue weighted by molar-refractivity contribution is 5.76. The molecule has 0 aliphatic carbocycles. The monoisotopic (exact) mass is 361 g/mol. The summed E-state index contributed by atoms with van der Waals surface area (Å²) in [7, 11) is 3.81. The molecular weight excluding hydrogens is 326 g/mol. The highest BCUT2D eigenvalue weighted by Crippen LogP contribution is 2.15. The zero-order valence-corrected chi connectivity index (χ0v) is 16.9. The molecule has 1 atom stereocenters. The van der Waals surface area contributed by atoms with E-state index in [1.54, 1.807) is 7.11 Å². The second kappa shape index (κ2) is 10.5.